The van der Waals surface area contributed by atoms with Gasteiger partial charge in [0.05, 0.1) is 11.6 Å². The quantitative estimate of drug-likeness (QED) is 0.517. The molecular formula is C25H24N4O2. The lowest BCUT2D eigenvalue weighted by atomic mass is 10.0. The minimum absolute atomic E-state index is 0.0208. The average molecular weight is 412 g/mol. The topological polar surface area (TPSA) is 58.4 Å². The lowest BCUT2D eigenvalue weighted by Gasteiger charge is -2.35. The predicted molar refractivity (Wildman–Crippen MR) is 122 cm³/mol. The van der Waals surface area contributed by atoms with Gasteiger partial charge in [-0.1, -0.05) is 60.7 Å². The molecule has 4 aromatic rings. The highest BCUT2D eigenvalue weighted by atomic mass is 16.2. The maximum absolute atomic E-state index is 12.8. The standard InChI is InChI=1S/C25H24N4O2/c30-24(18-29-25(31)23-11-4-2-7-20(23)16-26-29)28-14-12-27(13-15-28)17-21-9-5-8-19-6-1-3-10-22(19)21/h1-11,16H,12-15,17-18H2. The number of carbonyl (C=O) groups is 1. The van der Waals surface area contributed by atoms with Crippen LogP contribution in [0.25, 0.3) is 21.5 Å². The van der Waals surface area contributed by atoms with E-state index in [-0.39, 0.29) is 18.0 Å². The summed E-state index contributed by atoms with van der Waals surface area (Å²) in [6.07, 6.45) is 1.64. The Morgan fingerprint density at radius 3 is 2.29 bits per heavy atom. The van der Waals surface area contributed by atoms with Gasteiger partial charge in [-0.25, -0.2) is 4.68 Å². The molecular weight excluding hydrogens is 388 g/mol. The molecule has 1 amide bonds. The van der Waals surface area contributed by atoms with Crippen LogP contribution >= 0.6 is 0 Å². The van der Waals surface area contributed by atoms with E-state index in [0.29, 0.717) is 18.5 Å². The molecule has 1 aromatic heterocycles. The molecule has 2 heterocycles. The van der Waals surface area contributed by atoms with Crippen molar-refractivity contribution in [3.8, 4) is 0 Å². The van der Waals surface area contributed by atoms with Gasteiger partial charge in [0.2, 0.25) is 5.91 Å². The van der Waals surface area contributed by atoms with Crippen molar-refractivity contribution in [1.82, 2.24) is 19.6 Å². The first-order valence-electron chi connectivity index (χ1n) is 10.6. The van der Waals surface area contributed by atoms with Crippen molar-refractivity contribution in [2.24, 2.45) is 0 Å². The van der Waals surface area contributed by atoms with Gasteiger partial charge < -0.3 is 4.90 Å². The van der Waals surface area contributed by atoms with Gasteiger partial charge >= 0.3 is 0 Å². The van der Waals surface area contributed by atoms with Crippen LogP contribution in [0.3, 0.4) is 0 Å². The Balaban J connectivity index is 1.23. The summed E-state index contributed by atoms with van der Waals surface area (Å²) in [5.74, 6) is -0.0605. The zero-order valence-corrected chi connectivity index (χ0v) is 17.3. The van der Waals surface area contributed by atoms with Crippen LogP contribution in [0.2, 0.25) is 0 Å². The summed E-state index contributed by atoms with van der Waals surface area (Å²) >= 11 is 0. The number of nitrogens with zero attached hydrogens (tertiary/aromatic N) is 4. The Morgan fingerprint density at radius 1 is 0.806 bits per heavy atom. The van der Waals surface area contributed by atoms with Crippen molar-refractivity contribution in [3.63, 3.8) is 0 Å². The molecule has 0 bridgehead atoms. The normalized spacial score (nSPS) is 14.9. The van der Waals surface area contributed by atoms with Gasteiger partial charge in [0, 0.05) is 38.1 Å². The summed E-state index contributed by atoms with van der Waals surface area (Å²) in [6, 6.07) is 22.2. The highest BCUT2D eigenvalue weighted by Gasteiger charge is 2.22. The summed E-state index contributed by atoms with van der Waals surface area (Å²) in [7, 11) is 0. The SMILES string of the molecule is O=C(Cn1ncc2ccccc2c1=O)N1CCN(Cc2cccc3ccccc23)CC1. The van der Waals surface area contributed by atoms with E-state index >= 15 is 0 Å². The summed E-state index contributed by atoms with van der Waals surface area (Å²) in [5, 5.41) is 8.10. The first-order valence-corrected chi connectivity index (χ1v) is 10.6. The van der Waals surface area contributed by atoms with Gasteiger partial charge in [-0.15, -0.1) is 0 Å². The van der Waals surface area contributed by atoms with Crippen LogP contribution in [-0.4, -0.2) is 51.7 Å². The van der Waals surface area contributed by atoms with E-state index in [1.165, 1.54) is 21.0 Å². The van der Waals surface area contributed by atoms with Gasteiger partial charge in [0.25, 0.3) is 5.56 Å². The number of hydrogen-bond acceptors (Lipinski definition) is 4. The van der Waals surface area contributed by atoms with Crippen molar-refractivity contribution in [3.05, 3.63) is 88.8 Å². The van der Waals surface area contributed by atoms with Gasteiger partial charge in [0.1, 0.15) is 6.54 Å². The lowest BCUT2D eigenvalue weighted by Crippen LogP contribution is -2.49. The van der Waals surface area contributed by atoms with E-state index in [2.05, 4.69) is 52.5 Å². The molecule has 3 aromatic carbocycles. The molecule has 0 radical (unpaired) electrons. The first kappa shape index (κ1) is 19.5. The van der Waals surface area contributed by atoms with Crippen LogP contribution in [0, 0.1) is 0 Å². The molecule has 31 heavy (non-hydrogen) atoms. The summed E-state index contributed by atoms with van der Waals surface area (Å²) in [5.41, 5.74) is 1.09. The summed E-state index contributed by atoms with van der Waals surface area (Å²) < 4.78 is 1.27. The highest BCUT2D eigenvalue weighted by Crippen LogP contribution is 2.20. The Morgan fingerprint density at radius 2 is 1.48 bits per heavy atom. The predicted octanol–water partition coefficient (Wildman–Crippen LogP) is 2.89. The number of rotatable bonds is 4. The van der Waals surface area contributed by atoms with E-state index < -0.39 is 0 Å². The maximum Gasteiger partial charge on any atom is 0.275 e. The van der Waals surface area contributed by atoms with E-state index in [4.69, 9.17) is 0 Å². The third kappa shape index (κ3) is 3.94. The third-order valence-corrected chi connectivity index (χ3v) is 6.05. The van der Waals surface area contributed by atoms with Crippen molar-refractivity contribution in [1.29, 1.82) is 0 Å². The van der Waals surface area contributed by atoms with E-state index in [1.54, 1.807) is 12.3 Å². The second kappa shape index (κ2) is 8.32. The van der Waals surface area contributed by atoms with Crippen LogP contribution in [0.1, 0.15) is 5.56 Å². The average Bonchev–Trinajstić information content (AvgIpc) is 2.82. The minimum Gasteiger partial charge on any atom is -0.339 e. The molecule has 0 atom stereocenters. The van der Waals surface area contributed by atoms with Crippen molar-refractivity contribution >= 4 is 27.5 Å². The van der Waals surface area contributed by atoms with Crippen LogP contribution in [-0.2, 0) is 17.9 Å². The molecule has 1 fully saturated rings. The van der Waals surface area contributed by atoms with Crippen LogP contribution in [0.15, 0.2) is 77.7 Å². The van der Waals surface area contributed by atoms with Gasteiger partial charge in [-0.2, -0.15) is 5.10 Å². The van der Waals surface area contributed by atoms with E-state index in [9.17, 15) is 9.59 Å². The largest absolute Gasteiger partial charge is 0.339 e. The minimum atomic E-state index is -0.221. The Hall–Kier alpha value is -3.51. The highest BCUT2D eigenvalue weighted by molar-refractivity contribution is 5.85. The van der Waals surface area contributed by atoms with Gasteiger partial charge in [-0.3, -0.25) is 14.5 Å². The molecule has 0 saturated carbocycles. The van der Waals surface area contributed by atoms with Crippen LogP contribution in [0.5, 0.6) is 0 Å². The molecule has 6 heteroatoms. The first-order chi connectivity index (χ1) is 15.2. The second-order valence-electron chi connectivity index (χ2n) is 7.99. The van der Waals surface area contributed by atoms with Crippen molar-refractivity contribution < 1.29 is 4.79 Å². The maximum atomic E-state index is 12.8. The number of hydrogen-bond donors (Lipinski definition) is 0. The number of carbonyl (C=O) groups excluding carboxylic acids is 1. The molecule has 0 spiro atoms. The molecule has 0 aliphatic carbocycles. The van der Waals surface area contributed by atoms with E-state index in [1.807, 2.05) is 23.1 Å². The van der Waals surface area contributed by atoms with Crippen molar-refractivity contribution in [2.45, 2.75) is 13.1 Å². The number of fused-ring (bicyclic) bond motifs is 2. The second-order valence-corrected chi connectivity index (χ2v) is 7.99. The fraction of sp³-hybridized carbons (Fsp3) is 0.240. The molecule has 5 rings (SSSR count). The molecule has 156 valence electrons. The van der Waals surface area contributed by atoms with Crippen LogP contribution < -0.4 is 5.56 Å². The zero-order chi connectivity index (χ0) is 21.2. The molecule has 6 nitrogen and oxygen atoms in total. The molecule has 1 aliphatic heterocycles. The lowest BCUT2D eigenvalue weighted by molar-refractivity contribution is -0.133. The van der Waals surface area contributed by atoms with E-state index in [0.717, 1.165) is 25.0 Å². The fourth-order valence-corrected chi connectivity index (χ4v) is 4.30. The molecule has 0 N–H and O–H groups in total. The summed E-state index contributed by atoms with van der Waals surface area (Å²) in [4.78, 5) is 29.7. The molecule has 1 saturated heterocycles. The number of amides is 1. The van der Waals surface area contributed by atoms with Gasteiger partial charge in [-0.05, 0) is 22.4 Å². The Labute approximate surface area is 180 Å². The molecule has 1 aliphatic rings. The summed E-state index contributed by atoms with van der Waals surface area (Å²) in [6.45, 7) is 3.80. The van der Waals surface area contributed by atoms with Crippen LogP contribution in [0.4, 0.5) is 0 Å². The number of piperazine rings is 1. The Kier molecular flexibility index (Phi) is 5.22. The monoisotopic (exact) mass is 412 g/mol. The zero-order valence-electron chi connectivity index (χ0n) is 17.3. The van der Waals surface area contributed by atoms with Gasteiger partial charge in [0.15, 0.2) is 0 Å². The number of benzene rings is 3. The Bertz CT molecular complexity index is 1300. The smallest absolute Gasteiger partial charge is 0.275 e. The fourth-order valence-electron chi connectivity index (χ4n) is 4.30. The molecule has 0 unspecified atom stereocenters. The van der Waals surface area contributed by atoms with Crippen molar-refractivity contribution in [2.75, 3.05) is 26.2 Å². The third-order valence-electron chi connectivity index (χ3n) is 6.05. The number of aromatic nitrogens is 2.